The molecule has 50 heavy (non-hydrogen) atoms. The molecule has 0 fully saturated rings. The summed E-state index contributed by atoms with van der Waals surface area (Å²) < 4.78 is 34.8. The molecule has 0 bridgehead atoms. The SMILES string of the molecule is CC(COc1ccc(Oc2ccc(OCc3ccccc3)cc2)cc1)NC(=O)Oc1ccc(Oc2ccc(OCc3ccccc3)cc2)cc1. The van der Waals surface area contributed by atoms with Crippen molar-refractivity contribution in [2.24, 2.45) is 0 Å². The van der Waals surface area contributed by atoms with Crippen molar-refractivity contribution >= 4 is 6.09 Å². The lowest BCUT2D eigenvalue weighted by Crippen LogP contribution is -2.38. The molecule has 0 aliphatic heterocycles. The Labute approximate surface area is 291 Å². The van der Waals surface area contributed by atoms with E-state index in [4.69, 9.17) is 28.4 Å². The summed E-state index contributed by atoms with van der Waals surface area (Å²) in [5.41, 5.74) is 2.21. The molecule has 0 aromatic heterocycles. The minimum absolute atomic E-state index is 0.253. The second-order valence-electron chi connectivity index (χ2n) is 11.4. The number of carbonyl (C=O) groups is 1. The largest absolute Gasteiger partial charge is 0.491 e. The summed E-state index contributed by atoms with van der Waals surface area (Å²) in [6.45, 7) is 3.09. The van der Waals surface area contributed by atoms with Crippen molar-refractivity contribution in [1.82, 2.24) is 5.32 Å². The van der Waals surface area contributed by atoms with Crippen LogP contribution in [-0.2, 0) is 13.2 Å². The van der Waals surface area contributed by atoms with Crippen LogP contribution in [0.15, 0.2) is 158 Å². The molecule has 0 saturated carbocycles. The van der Waals surface area contributed by atoms with Crippen LogP contribution in [0.25, 0.3) is 0 Å². The molecule has 1 unspecified atom stereocenters. The van der Waals surface area contributed by atoms with Gasteiger partial charge in [0.2, 0.25) is 0 Å². The van der Waals surface area contributed by atoms with Gasteiger partial charge < -0.3 is 33.7 Å². The van der Waals surface area contributed by atoms with E-state index < -0.39 is 6.09 Å². The Balaban J connectivity index is 0.881. The van der Waals surface area contributed by atoms with E-state index in [1.807, 2.05) is 140 Å². The van der Waals surface area contributed by atoms with Crippen molar-refractivity contribution in [3.63, 3.8) is 0 Å². The normalized spacial score (nSPS) is 11.1. The molecule has 0 aliphatic carbocycles. The van der Waals surface area contributed by atoms with E-state index in [1.165, 1.54) is 0 Å². The number of carbonyl (C=O) groups excluding carboxylic acids is 1. The van der Waals surface area contributed by atoms with Crippen LogP contribution in [0.4, 0.5) is 4.79 Å². The van der Waals surface area contributed by atoms with Gasteiger partial charge in [0, 0.05) is 0 Å². The van der Waals surface area contributed by atoms with Gasteiger partial charge in [-0.3, -0.25) is 0 Å². The summed E-state index contributed by atoms with van der Waals surface area (Å²) in [5.74, 6) is 5.19. The Kier molecular flexibility index (Phi) is 11.5. The van der Waals surface area contributed by atoms with Gasteiger partial charge in [0.05, 0.1) is 6.04 Å². The van der Waals surface area contributed by atoms with Crippen molar-refractivity contribution in [2.75, 3.05) is 6.61 Å². The highest BCUT2D eigenvalue weighted by Gasteiger charge is 2.11. The lowest BCUT2D eigenvalue weighted by atomic mass is 10.2. The number of rotatable bonds is 15. The Bertz CT molecular complexity index is 1900. The Morgan fingerprint density at radius 3 is 1.20 bits per heavy atom. The first-order valence-corrected chi connectivity index (χ1v) is 16.2. The van der Waals surface area contributed by atoms with Crippen molar-refractivity contribution in [1.29, 1.82) is 0 Å². The second kappa shape index (κ2) is 17.1. The molecule has 6 aromatic carbocycles. The standard InChI is InChI=1S/C42H37NO7/c1-31(28-45-34-12-18-37(19-13-34)48-38-20-14-35(15-21-38)46-29-32-8-4-2-5-9-32)43-42(44)50-41-26-24-40(25-27-41)49-39-22-16-36(17-23-39)47-30-33-10-6-3-7-11-33/h2-27,31H,28-30H2,1H3,(H,43,44). The van der Waals surface area contributed by atoms with E-state index in [0.717, 1.165) is 22.6 Å². The van der Waals surface area contributed by atoms with Gasteiger partial charge in [-0.25, -0.2) is 4.79 Å². The fourth-order valence-electron chi connectivity index (χ4n) is 4.74. The van der Waals surface area contributed by atoms with Gasteiger partial charge in [-0.05, 0) is 115 Å². The summed E-state index contributed by atoms with van der Waals surface area (Å²) in [6, 6.07) is 48.7. The highest BCUT2D eigenvalue weighted by atomic mass is 16.6. The van der Waals surface area contributed by atoms with Gasteiger partial charge in [-0.15, -0.1) is 0 Å². The lowest BCUT2D eigenvalue weighted by Gasteiger charge is -2.15. The van der Waals surface area contributed by atoms with E-state index in [9.17, 15) is 4.79 Å². The molecule has 6 rings (SSSR count). The molecule has 0 spiro atoms. The number of benzene rings is 6. The molecule has 8 nitrogen and oxygen atoms in total. The summed E-state index contributed by atoms with van der Waals surface area (Å²) in [7, 11) is 0. The lowest BCUT2D eigenvalue weighted by molar-refractivity contribution is 0.189. The number of ether oxygens (including phenoxy) is 6. The monoisotopic (exact) mass is 667 g/mol. The quantitative estimate of drug-likeness (QED) is 0.117. The molecule has 1 amide bonds. The van der Waals surface area contributed by atoms with Gasteiger partial charge in [-0.2, -0.15) is 0 Å². The molecule has 252 valence electrons. The molecule has 0 aliphatic rings. The predicted octanol–water partition coefficient (Wildman–Crippen LogP) is 9.99. The number of hydrogen-bond acceptors (Lipinski definition) is 7. The third kappa shape index (κ3) is 10.6. The smallest absolute Gasteiger partial charge is 0.412 e. The summed E-state index contributed by atoms with van der Waals surface area (Å²) >= 11 is 0. The number of nitrogens with one attached hydrogen (secondary N) is 1. The first kappa shape index (κ1) is 33.5. The van der Waals surface area contributed by atoms with Crippen LogP contribution < -0.4 is 33.7 Å². The summed E-state index contributed by atoms with van der Waals surface area (Å²) in [6.07, 6.45) is -0.582. The summed E-state index contributed by atoms with van der Waals surface area (Å²) in [5, 5.41) is 2.78. The third-order valence-corrected chi connectivity index (χ3v) is 7.34. The molecular formula is C42H37NO7. The van der Waals surface area contributed by atoms with Crippen molar-refractivity contribution in [2.45, 2.75) is 26.2 Å². The van der Waals surface area contributed by atoms with Crippen molar-refractivity contribution < 1.29 is 33.2 Å². The van der Waals surface area contributed by atoms with E-state index in [0.29, 0.717) is 47.7 Å². The third-order valence-electron chi connectivity index (χ3n) is 7.34. The van der Waals surface area contributed by atoms with E-state index in [-0.39, 0.29) is 12.6 Å². The molecule has 0 radical (unpaired) electrons. The van der Waals surface area contributed by atoms with Crippen LogP contribution >= 0.6 is 0 Å². The zero-order valence-corrected chi connectivity index (χ0v) is 27.6. The van der Waals surface area contributed by atoms with Gasteiger partial charge >= 0.3 is 6.09 Å². The zero-order valence-electron chi connectivity index (χ0n) is 27.6. The maximum atomic E-state index is 12.5. The molecule has 6 aromatic rings. The first-order chi connectivity index (χ1) is 24.5. The molecule has 0 heterocycles. The Morgan fingerprint density at radius 2 is 0.800 bits per heavy atom. The first-order valence-electron chi connectivity index (χ1n) is 16.2. The highest BCUT2D eigenvalue weighted by molar-refractivity contribution is 5.70. The van der Waals surface area contributed by atoms with Crippen molar-refractivity contribution in [3.8, 4) is 46.0 Å². The second-order valence-corrected chi connectivity index (χ2v) is 11.4. The van der Waals surface area contributed by atoms with Crippen LogP contribution in [0, 0.1) is 0 Å². The zero-order chi connectivity index (χ0) is 34.4. The van der Waals surface area contributed by atoms with Crippen LogP contribution in [0.3, 0.4) is 0 Å². The predicted molar refractivity (Wildman–Crippen MR) is 192 cm³/mol. The minimum atomic E-state index is -0.582. The molecule has 1 N–H and O–H groups in total. The van der Waals surface area contributed by atoms with Crippen LogP contribution in [0.1, 0.15) is 18.1 Å². The topological polar surface area (TPSA) is 84.5 Å². The molecule has 0 saturated heterocycles. The van der Waals surface area contributed by atoms with Gasteiger partial charge in [0.15, 0.2) is 0 Å². The average Bonchev–Trinajstić information content (AvgIpc) is 3.15. The fourth-order valence-corrected chi connectivity index (χ4v) is 4.74. The Morgan fingerprint density at radius 1 is 0.460 bits per heavy atom. The van der Waals surface area contributed by atoms with E-state index in [2.05, 4.69) is 5.32 Å². The van der Waals surface area contributed by atoms with Crippen molar-refractivity contribution in [3.05, 3.63) is 169 Å². The van der Waals surface area contributed by atoms with Gasteiger partial charge in [-0.1, -0.05) is 60.7 Å². The maximum Gasteiger partial charge on any atom is 0.412 e. The number of hydrogen-bond donors (Lipinski definition) is 1. The Hall–Kier alpha value is -6.41. The van der Waals surface area contributed by atoms with Crippen LogP contribution in [0.2, 0.25) is 0 Å². The fraction of sp³-hybridized carbons (Fsp3) is 0.119. The summed E-state index contributed by atoms with van der Waals surface area (Å²) in [4.78, 5) is 12.5. The number of amides is 1. The molecule has 8 heteroatoms. The van der Waals surface area contributed by atoms with E-state index in [1.54, 1.807) is 24.3 Å². The van der Waals surface area contributed by atoms with E-state index >= 15 is 0 Å². The van der Waals surface area contributed by atoms with Gasteiger partial charge in [0.25, 0.3) is 0 Å². The van der Waals surface area contributed by atoms with Crippen LogP contribution in [-0.4, -0.2) is 18.7 Å². The minimum Gasteiger partial charge on any atom is -0.491 e. The molecule has 1 atom stereocenters. The molecular weight excluding hydrogens is 630 g/mol. The van der Waals surface area contributed by atoms with Crippen LogP contribution in [0.5, 0.6) is 46.0 Å². The highest BCUT2D eigenvalue weighted by Crippen LogP contribution is 2.28. The van der Waals surface area contributed by atoms with Gasteiger partial charge in [0.1, 0.15) is 65.8 Å². The maximum absolute atomic E-state index is 12.5. The average molecular weight is 668 g/mol.